The molecule has 31 heavy (non-hydrogen) atoms. The van der Waals surface area contributed by atoms with Crippen molar-refractivity contribution in [1.82, 2.24) is 9.62 Å². The van der Waals surface area contributed by atoms with E-state index in [0.717, 1.165) is 11.1 Å². The van der Waals surface area contributed by atoms with Gasteiger partial charge in [-0.25, -0.2) is 13.1 Å². The van der Waals surface area contributed by atoms with Crippen molar-refractivity contribution in [1.29, 1.82) is 0 Å². The van der Waals surface area contributed by atoms with Crippen LogP contribution in [0.25, 0.3) is 0 Å². The first-order valence-corrected chi connectivity index (χ1v) is 11.6. The van der Waals surface area contributed by atoms with Crippen molar-refractivity contribution in [2.24, 2.45) is 11.8 Å². The van der Waals surface area contributed by atoms with E-state index in [4.69, 9.17) is 4.74 Å². The predicted molar refractivity (Wildman–Crippen MR) is 112 cm³/mol. The predicted octanol–water partition coefficient (Wildman–Crippen LogP) is 1.78. The number of hydrogen-bond acceptors (Lipinski definition) is 5. The Balaban J connectivity index is 1.38. The number of sulfonamides is 1. The Morgan fingerprint density at radius 1 is 1.03 bits per heavy atom. The van der Waals surface area contributed by atoms with Crippen LogP contribution in [0.15, 0.2) is 71.6 Å². The van der Waals surface area contributed by atoms with Gasteiger partial charge in [-0.15, -0.1) is 0 Å². The summed E-state index contributed by atoms with van der Waals surface area (Å²) in [4.78, 5) is 27.7. The van der Waals surface area contributed by atoms with Crippen LogP contribution in [0.1, 0.15) is 11.1 Å². The van der Waals surface area contributed by atoms with Gasteiger partial charge in [0.2, 0.25) is 21.8 Å². The lowest BCUT2D eigenvalue weighted by molar-refractivity contribution is -0.144. The quantitative estimate of drug-likeness (QED) is 0.548. The average Bonchev–Trinajstić information content (AvgIpc) is 3.40. The zero-order chi connectivity index (χ0) is 21.8. The molecule has 2 aromatic carbocycles. The summed E-state index contributed by atoms with van der Waals surface area (Å²) in [7, 11) is -3.79. The summed E-state index contributed by atoms with van der Waals surface area (Å²) < 4.78 is 34.1. The summed E-state index contributed by atoms with van der Waals surface area (Å²) in [5.41, 5.74) is 0.653. The molecule has 1 N–H and O–H groups in total. The first kappa shape index (κ1) is 20.1. The monoisotopic (exact) mass is 438 g/mol. The zero-order valence-electron chi connectivity index (χ0n) is 16.9. The number of nitrogens with zero attached hydrogens (tertiary/aromatic N) is 1. The van der Waals surface area contributed by atoms with E-state index in [-0.39, 0.29) is 29.8 Å². The minimum absolute atomic E-state index is 0.116. The maximum absolute atomic E-state index is 13.2. The molecule has 0 aliphatic carbocycles. The standard InChI is InChI=1S/C23H22N2O5S/c1-15-7-9-17(10-8-15)31(28,29)24-14-23-12-11-18(30-23)19-20(23)22(27)25(21(19)26)13-16-5-3-2-4-6-16/h2-12,18-20,24H,13-14H2,1H3/t18-,19-,20-,23-/m1/s1. The molecule has 7 nitrogen and oxygen atoms in total. The smallest absolute Gasteiger partial charge is 0.240 e. The molecule has 3 aliphatic heterocycles. The fourth-order valence-electron chi connectivity index (χ4n) is 4.70. The van der Waals surface area contributed by atoms with E-state index in [1.54, 1.807) is 24.3 Å². The molecule has 2 fully saturated rings. The maximum Gasteiger partial charge on any atom is 0.240 e. The second kappa shape index (κ2) is 7.12. The van der Waals surface area contributed by atoms with Crippen LogP contribution in [0, 0.1) is 18.8 Å². The van der Waals surface area contributed by atoms with Gasteiger partial charge in [0.15, 0.2) is 0 Å². The number of amides is 2. The number of benzene rings is 2. The lowest BCUT2D eigenvalue weighted by atomic mass is 9.77. The summed E-state index contributed by atoms with van der Waals surface area (Å²) in [5.74, 6) is -1.94. The van der Waals surface area contributed by atoms with Gasteiger partial charge in [-0.2, -0.15) is 0 Å². The summed E-state index contributed by atoms with van der Waals surface area (Å²) in [6.45, 7) is 1.96. The number of fused-ring (bicyclic) bond motifs is 5. The Hall–Kier alpha value is -2.81. The molecule has 8 heteroatoms. The van der Waals surface area contributed by atoms with Gasteiger partial charge in [-0.1, -0.05) is 60.2 Å². The van der Waals surface area contributed by atoms with E-state index < -0.39 is 33.6 Å². The Kier molecular flexibility index (Phi) is 4.62. The third-order valence-corrected chi connectivity index (χ3v) is 7.72. The molecule has 0 radical (unpaired) electrons. The van der Waals surface area contributed by atoms with E-state index in [2.05, 4.69) is 4.72 Å². The normalized spacial score (nSPS) is 29.1. The van der Waals surface area contributed by atoms with E-state index in [1.807, 2.05) is 37.3 Å². The van der Waals surface area contributed by atoms with Crippen LogP contribution >= 0.6 is 0 Å². The summed E-state index contributed by atoms with van der Waals surface area (Å²) >= 11 is 0. The highest BCUT2D eigenvalue weighted by Gasteiger charge is 2.67. The van der Waals surface area contributed by atoms with Gasteiger partial charge < -0.3 is 4.74 Å². The van der Waals surface area contributed by atoms with Crippen LogP contribution in [-0.2, 0) is 30.9 Å². The largest absolute Gasteiger partial charge is 0.361 e. The number of rotatable bonds is 6. The molecule has 160 valence electrons. The molecule has 4 atom stereocenters. The fraction of sp³-hybridized carbons (Fsp3) is 0.304. The lowest BCUT2D eigenvalue weighted by Gasteiger charge is -2.29. The van der Waals surface area contributed by atoms with Crippen molar-refractivity contribution in [3.05, 3.63) is 77.9 Å². The molecule has 2 aromatic rings. The van der Waals surface area contributed by atoms with Crippen molar-refractivity contribution in [3.63, 3.8) is 0 Å². The van der Waals surface area contributed by atoms with Gasteiger partial charge in [-0.3, -0.25) is 14.5 Å². The van der Waals surface area contributed by atoms with Gasteiger partial charge in [-0.05, 0) is 24.6 Å². The Morgan fingerprint density at radius 3 is 2.45 bits per heavy atom. The van der Waals surface area contributed by atoms with Crippen molar-refractivity contribution in [3.8, 4) is 0 Å². The first-order chi connectivity index (χ1) is 14.8. The number of ether oxygens (including phenoxy) is 1. The van der Waals surface area contributed by atoms with Crippen LogP contribution in [0.3, 0.4) is 0 Å². The van der Waals surface area contributed by atoms with E-state index >= 15 is 0 Å². The van der Waals surface area contributed by atoms with Crippen LogP contribution in [0.2, 0.25) is 0 Å². The van der Waals surface area contributed by atoms with Crippen LogP contribution < -0.4 is 4.72 Å². The van der Waals surface area contributed by atoms with Gasteiger partial charge in [0, 0.05) is 6.54 Å². The fourth-order valence-corrected chi connectivity index (χ4v) is 5.77. The molecule has 0 unspecified atom stereocenters. The van der Waals surface area contributed by atoms with Gasteiger partial charge in [0.1, 0.15) is 5.60 Å². The third-order valence-electron chi connectivity index (χ3n) is 6.30. The van der Waals surface area contributed by atoms with Crippen molar-refractivity contribution < 1.29 is 22.7 Å². The van der Waals surface area contributed by atoms with Crippen LogP contribution in [0.4, 0.5) is 0 Å². The number of carbonyl (C=O) groups is 2. The lowest BCUT2D eigenvalue weighted by Crippen LogP contribution is -2.48. The minimum Gasteiger partial charge on any atom is -0.361 e. The van der Waals surface area contributed by atoms with Gasteiger partial charge >= 0.3 is 0 Å². The number of aryl methyl sites for hydroxylation is 1. The van der Waals surface area contributed by atoms with Crippen molar-refractivity contribution in [2.45, 2.75) is 30.1 Å². The van der Waals surface area contributed by atoms with Crippen LogP contribution in [0.5, 0.6) is 0 Å². The highest BCUT2D eigenvalue weighted by atomic mass is 32.2. The number of imide groups is 1. The zero-order valence-corrected chi connectivity index (χ0v) is 17.7. The Bertz CT molecular complexity index is 1180. The highest BCUT2D eigenvalue weighted by Crippen LogP contribution is 2.51. The molecule has 2 amide bonds. The molecule has 0 saturated carbocycles. The maximum atomic E-state index is 13.2. The molecule has 2 bridgehead atoms. The summed E-state index contributed by atoms with van der Waals surface area (Å²) in [5, 5.41) is 0. The molecule has 0 aromatic heterocycles. The first-order valence-electron chi connectivity index (χ1n) is 10.1. The molecule has 3 aliphatic rings. The van der Waals surface area contributed by atoms with Crippen molar-refractivity contribution >= 4 is 21.8 Å². The molecule has 5 rings (SSSR count). The van der Waals surface area contributed by atoms with E-state index in [1.165, 1.54) is 17.0 Å². The number of carbonyl (C=O) groups excluding carboxylic acids is 2. The molecule has 3 heterocycles. The number of likely N-dealkylation sites (tertiary alicyclic amines) is 1. The Labute approximate surface area is 180 Å². The SMILES string of the molecule is Cc1ccc(S(=O)(=O)NC[C@@]23C=C[C@@H](O2)[C@H]2C(=O)N(Cc4ccccc4)C(=O)[C@@H]23)cc1. The van der Waals surface area contributed by atoms with Crippen LogP contribution in [-0.4, -0.2) is 43.4 Å². The minimum atomic E-state index is -3.79. The topological polar surface area (TPSA) is 92.8 Å². The second-order valence-electron chi connectivity index (χ2n) is 8.29. The summed E-state index contributed by atoms with van der Waals surface area (Å²) in [6.07, 6.45) is 2.97. The molecular formula is C23H22N2O5S. The molecule has 0 spiro atoms. The van der Waals surface area contributed by atoms with Crippen molar-refractivity contribution in [2.75, 3.05) is 6.54 Å². The number of hydrogen-bond donors (Lipinski definition) is 1. The van der Waals surface area contributed by atoms with Gasteiger partial charge in [0.05, 0.1) is 29.4 Å². The summed E-state index contributed by atoms with van der Waals surface area (Å²) in [6, 6.07) is 15.8. The highest BCUT2D eigenvalue weighted by molar-refractivity contribution is 7.89. The molecule has 2 saturated heterocycles. The second-order valence-corrected chi connectivity index (χ2v) is 10.1. The van der Waals surface area contributed by atoms with E-state index in [0.29, 0.717) is 0 Å². The van der Waals surface area contributed by atoms with E-state index in [9.17, 15) is 18.0 Å². The Morgan fingerprint density at radius 2 is 1.74 bits per heavy atom. The molecular weight excluding hydrogens is 416 g/mol. The average molecular weight is 439 g/mol. The van der Waals surface area contributed by atoms with Gasteiger partial charge in [0.25, 0.3) is 0 Å². The number of nitrogens with one attached hydrogen (secondary N) is 1. The third kappa shape index (κ3) is 3.22.